The van der Waals surface area contributed by atoms with Gasteiger partial charge in [-0.05, 0) is 62.1 Å². The van der Waals surface area contributed by atoms with Crippen molar-refractivity contribution in [2.45, 2.75) is 37.1 Å². The molecule has 1 fully saturated rings. The van der Waals surface area contributed by atoms with Gasteiger partial charge in [-0.15, -0.1) is 0 Å². The van der Waals surface area contributed by atoms with E-state index >= 15 is 0 Å². The second-order valence-electron chi connectivity index (χ2n) is 7.37. The maximum atomic E-state index is 12.7. The third kappa shape index (κ3) is 3.52. The first-order chi connectivity index (χ1) is 13.5. The molecule has 1 atom stereocenters. The first-order valence-electron chi connectivity index (χ1n) is 9.72. The van der Waals surface area contributed by atoms with Crippen LogP contribution >= 0.6 is 0 Å². The van der Waals surface area contributed by atoms with Crippen molar-refractivity contribution in [2.75, 3.05) is 29.9 Å². The van der Waals surface area contributed by atoms with Gasteiger partial charge in [-0.3, -0.25) is 4.79 Å². The van der Waals surface area contributed by atoms with Gasteiger partial charge in [0.1, 0.15) is 6.04 Å². The Morgan fingerprint density at radius 2 is 1.68 bits per heavy atom. The number of amides is 1. The van der Waals surface area contributed by atoms with Gasteiger partial charge in [0.15, 0.2) is 0 Å². The third-order valence-electron chi connectivity index (χ3n) is 5.59. The number of rotatable bonds is 5. The first-order valence-corrected chi connectivity index (χ1v) is 11.2. The average Bonchev–Trinajstić information content (AvgIpc) is 3.38. The van der Waals surface area contributed by atoms with E-state index in [4.69, 9.17) is 0 Å². The molecule has 0 aromatic heterocycles. The van der Waals surface area contributed by atoms with Crippen LogP contribution in [0.3, 0.4) is 0 Å². The quantitative estimate of drug-likeness (QED) is 0.839. The molecule has 2 aromatic rings. The zero-order valence-corrected chi connectivity index (χ0v) is 16.8. The normalized spacial score (nSPS) is 18.1. The lowest BCUT2D eigenvalue weighted by Crippen LogP contribution is -2.41. The summed E-state index contributed by atoms with van der Waals surface area (Å²) in [5.41, 5.74) is 2.97. The zero-order chi connectivity index (χ0) is 19.7. The molecule has 148 valence electrons. The number of fused-ring (bicyclic) bond motifs is 1. The molecular formula is C21H25N3O3S. The van der Waals surface area contributed by atoms with Crippen molar-refractivity contribution in [3.8, 4) is 0 Å². The summed E-state index contributed by atoms with van der Waals surface area (Å²) in [6.45, 7) is 3.87. The molecule has 0 spiro atoms. The lowest BCUT2D eigenvalue weighted by Gasteiger charge is -2.26. The number of carbonyl (C=O) groups excluding carboxylic acids is 1. The Morgan fingerprint density at radius 3 is 2.39 bits per heavy atom. The molecule has 0 radical (unpaired) electrons. The van der Waals surface area contributed by atoms with Crippen molar-refractivity contribution in [3.63, 3.8) is 0 Å². The molecule has 0 bridgehead atoms. The average molecular weight is 400 g/mol. The van der Waals surface area contributed by atoms with Gasteiger partial charge in [-0.2, -0.15) is 4.31 Å². The van der Waals surface area contributed by atoms with E-state index in [0.717, 1.165) is 31.5 Å². The van der Waals surface area contributed by atoms with Gasteiger partial charge in [0, 0.05) is 31.0 Å². The predicted octanol–water partition coefficient (Wildman–Crippen LogP) is 2.86. The van der Waals surface area contributed by atoms with Crippen molar-refractivity contribution in [1.29, 1.82) is 0 Å². The zero-order valence-electron chi connectivity index (χ0n) is 16.0. The summed E-state index contributed by atoms with van der Waals surface area (Å²) in [6, 6.07) is 14.3. The molecule has 2 aliphatic rings. The lowest BCUT2D eigenvalue weighted by molar-refractivity contribution is -0.117. The molecule has 7 heteroatoms. The summed E-state index contributed by atoms with van der Waals surface area (Å²) >= 11 is 0. The summed E-state index contributed by atoms with van der Waals surface area (Å²) in [5.74, 6) is -0.105. The lowest BCUT2D eigenvalue weighted by atomic mass is 10.1. The van der Waals surface area contributed by atoms with Gasteiger partial charge in [-0.1, -0.05) is 18.2 Å². The van der Waals surface area contributed by atoms with Gasteiger partial charge >= 0.3 is 0 Å². The van der Waals surface area contributed by atoms with Crippen molar-refractivity contribution in [3.05, 3.63) is 54.1 Å². The molecular weight excluding hydrogens is 374 g/mol. The highest BCUT2D eigenvalue weighted by atomic mass is 32.2. The van der Waals surface area contributed by atoms with Crippen LogP contribution in [0.4, 0.5) is 11.4 Å². The molecule has 2 aromatic carbocycles. The molecule has 1 N–H and O–H groups in total. The molecule has 6 nitrogen and oxygen atoms in total. The van der Waals surface area contributed by atoms with Gasteiger partial charge in [0.05, 0.1) is 4.90 Å². The molecule has 1 saturated heterocycles. The fraction of sp³-hybridized carbons (Fsp3) is 0.381. The summed E-state index contributed by atoms with van der Waals surface area (Å²) in [6.07, 6.45) is 2.76. The highest BCUT2D eigenvalue weighted by Gasteiger charge is 2.28. The van der Waals surface area contributed by atoms with E-state index in [1.165, 1.54) is 9.87 Å². The third-order valence-corrected chi connectivity index (χ3v) is 7.51. The van der Waals surface area contributed by atoms with Crippen molar-refractivity contribution < 1.29 is 13.2 Å². The minimum absolute atomic E-state index is 0.105. The van der Waals surface area contributed by atoms with E-state index in [-0.39, 0.29) is 16.8 Å². The van der Waals surface area contributed by atoms with Crippen LogP contribution in [-0.4, -0.2) is 44.3 Å². The van der Waals surface area contributed by atoms with Gasteiger partial charge < -0.3 is 10.2 Å². The Balaban J connectivity index is 1.44. The van der Waals surface area contributed by atoms with Crippen molar-refractivity contribution in [1.82, 2.24) is 4.31 Å². The van der Waals surface area contributed by atoms with Gasteiger partial charge in [-0.25, -0.2) is 8.42 Å². The summed E-state index contributed by atoms with van der Waals surface area (Å²) in [4.78, 5) is 15.1. The maximum absolute atomic E-state index is 12.7. The molecule has 1 amide bonds. The second-order valence-corrected chi connectivity index (χ2v) is 9.31. The van der Waals surface area contributed by atoms with E-state index in [1.807, 2.05) is 25.1 Å². The smallest absolute Gasteiger partial charge is 0.246 e. The summed E-state index contributed by atoms with van der Waals surface area (Å²) in [5, 5.41) is 2.91. The summed E-state index contributed by atoms with van der Waals surface area (Å²) < 4.78 is 26.7. The van der Waals surface area contributed by atoms with Crippen LogP contribution < -0.4 is 10.2 Å². The van der Waals surface area contributed by atoms with Crippen LogP contribution in [0.2, 0.25) is 0 Å². The predicted molar refractivity (Wildman–Crippen MR) is 110 cm³/mol. The highest BCUT2D eigenvalue weighted by molar-refractivity contribution is 7.89. The number of carbonyl (C=O) groups is 1. The topological polar surface area (TPSA) is 69.7 Å². The summed E-state index contributed by atoms with van der Waals surface area (Å²) in [7, 11) is -3.43. The number of para-hydroxylation sites is 1. The molecule has 0 saturated carbocycles. The first kappa shape index (κ1) is 19.0. The van der Waals surface area contributed by atoms with Crippen LogP contribution in [-0.2, 0) is 21.2 Å². The number of hydrogen-bond acceptors (Lipinski definition) is 4. The van der Waals surface area contributed by atoms with Crippen molar-refractivity contribution in [2.24, 2.45) is 0 Å². The van der Waals surface area contributed by atoms with E-state index in [2.05, 4.69) is 16.3 Å². The Kier molecular flexibility index (Phi) is 5.12. The monoisotopic (exact) mass is 399 g/mol. The Hall–Kier alpha value is -2.38. The Morgan fingerprint density at radius 1 is 1.00 bits per heavy atom. The van der Waals surface area contributed by atoms with Crippen molar-refractivity contribution >= 4 is 27.3 Å². The van der Waals surface area contributed by atoms with Crippen LogP contribution in [0, 0.1) is 0 Å². The number of nitrogens with one attached hydrogen (secondary N) is 1. The molecule has 0 unspecified atom stereocenters. The fourth-order valence-electron chi connectivity index (χ4n) is 3.94. The minimum Gasteiger partial charge on any atom is -0.359 e. The van der Waals surface area contributed by atoms with Crippen LogP contribution in [0.15, 0.2) is 53.4 Å². The number of sulfonamides is 1. The molecule has 2 heterocycles. The van der Waals surface area contributed by atoms with E-state index < -0.39 is 10.0 Å². The molecule has 0 aliphatic carbocycles. The van der Waals surface area contributed by atoms with Crippen LogP contribution in [0.1, 0.15) is 25.3 Å². The van der Waals surface area contributed by atoms with Crippen LogP contribution in [0.25, 0.3) is 0 Å². The second kappa shape index (κ2) is 7.56. The van der Waals surface area contributed by atoms with Crippen LogP contribution in [0.5, 0.6) is 0 Å². The number of anilines is 2. The Bertz CT molecular complexity index is 967. The largest absolute Gasteiger partial charge is 0.359 e. The number of hydrogen-bond donors (Lipinski definition) is 1. The standard InChI is InChI=1S/C21H25N3O3S/c1-16(24-15-12-17-6-2-3-7-20(17)24)21(25)22-18-8-10-19(11-9-18)28(26,27)23-13-4-5-14-23/h2-3,6-11,16H,4-5,12-15H2,1H3,(H,22,25)/t16-/m0/s1. The SMILES string of the molecule is C[C@@H](C(=O)Nc1ccc(S(=O)(=O)N2CCCC2)cc1)N1CCc2ccccc21. The fourth-order valence-corrected chi connectivity index (χ4v) is 5.46. The molecule has 4 rings (SSSR count). The molecule has 2 aliphatic heterocycles. The van der Waals surface area contributed by atoms with E-state index in [1.54, 1.807) is 24.3 Å². The minimum atomic E-state index is -3.43. The van der Waals surface area contributed by atoms with Gasteiger partial charge in [0.2, 0.25) is 15.9 Å². The Labute approximate surface area is 166 Å². The number of nitrogens with zero attached hydrogens (tertiary/aromatic N) is 2. The van der Waals surface area contributed by atoms with E-state index in [0.29, 0.717) is 18.8 Å². The maximum Gasteiger partial charge on any atom is 0.246 e. The van der Waals surface area contributed by atoms with Gasteiger partial charge in [0.25, 0.3) is 0 Å². The van der Waals surface area contributed by atoms with E-state index in [9.17, 15) is 13.2 Å². The highest BCUT2D eigenvalue weighted by Crippen LogP contribution is 2.29. The molecule has 28 heavy (non-hydrogen) atoms. The number of benzene rings is 2.